The molecule has 1 aliphatic carbocycles. The number of aryl methyl sites for hydroxylation is 1. The van der Waals surface area contributed by atoms with Crippen molar-refractivity contribution in [2.75, 3.05) is 36.4 Å². The van der Waals surface area contributed by atoms with Crippen LogP contribution in [0.1, 0.15) is 35.9 Å². The van der Waals surface area contributed by atoms with Gasteiger partial charge in [-0.05, 0) is 51.0 Å². The third-order valence-corrected chi connectivity index (χ3v) is 6.23. The van der Waals surface area contributed by atoms with Crippen LogP contribution in [0.25, 0.3) is 11.0 Å². The monoisotopic (exact) mass is 389 g/mol. The topological polar surface area (TPSA) is 48.7 Å². The lowest BCUT2D eigenvalue weighted by atomic mass is 10.1. The van der Waals surface area contributed by atoms with Crippen molar-refractivity contribution in [1.29, 1.82) is 0 Å². The highest BCUT2D eigenvalue weighted by Gasteiger charge is 2.38. The van der Waals surface area contributed by atoms with Gasteiger partial charge in [-0.1, -0.05) is 24.3 Å². The number of rotatable bonds is 4. The van der Waals surface area contributed by atoms with Crippen molar-refractivity contribution in [3.8, 4) is 0 Å². The molecule has 5 nitrogen and oxygen atoms in total. The van der Waals surface area contributed by atoms with Crippen molar-refractivity contribution in [3.63, 3.8) is 0 Å². The van der Waals surface area contributed by atoms with E-state index in [4.69, 9.17) is 4.42 Å². The normalized spacial score (nSPS) is 18.1. The molecule has 0 unspecified atom stereocenters. The van der Waals surface area contributed by atoms with Gasteiger partial charge in [-0.15, -0.1) is 0 Å². The second-order valence-electron chi connectivity index (χ2n) is 8.51. The number of hydrogen-bond acceptors (Lipinski definition) is 4. The number of fused-ring (bicyclic) bond motifs is 1. The van der Waals surface area contributed by atoms with Gasteiger partial charge in [0.05, 0.1) is 10.9 Å². The maximum absolute atomic E-state index is 13.5. The lowest BCUT2D eigenvalue weighted by Crippen LogP contribution is -2.48. The third kappa shape index (κ3) is 3.35. The standard InChI is InChI=1S/C24H27N3O2/c1-17-21(22-19(25-24(2)11-12-24)9-6-10-20(22)29-17)23(28)27-15-13-26(14-16-27)18-7-4-3-5-8-18/h3-10,25H,11-16H2,1-2H3. The first-order chi connectivity index (χ1) is 14.0. The van der Waals surface area contributed by atoms with Crippen LogP contribution in [0.2, 0.25) is 0 Å². The first-order valence-corrected chi connectivity index (χ1v) is 10.4. The van der Waals surface area contributed by atoms with Crippen LogP contribution in [0.4, 0.5) is 11.4 Å². The van der Waals surface area contributed by atoms with Gasteiger partial charge >= 0.3 is 0 Å². The Hall–Kier alpha value is -2.95. The van der Waals surface area contributed by atoms with Crippen molar-refractivity contribution < 1.29 is 9.21 Å². The number of nitrogens with one attached hydrogen (secondary N) is 1. The summed E-state index contributed by atoms with van der Waals surface area (Å²) in [6.45, 7) is 7.24. The summed E-state index contributed by atoms with van der Waals surface area (Å²) in [5.74, 6) is 0.773. The Morgan fingerprint density at radius 1 is 1.00 bits per heavy atom. The molecule has 0 radical (unpaired) electrons. The number of carbonyl (C=O) groups is 1. The quantitative estimate of drug-likeness (QED) is 0.705. The Bertz CT molecular complexity index is 1040. The fourth-order valence-corrected chi connectivity index (χ4v) is 4.23. The van der Waals surface area contributed by atoms with Gasteiger partial charge in [-0.2, -0.15) is 0 Å². The van der Waals surface area contributed by atoms with Gasteiger partial charge in [0.1, 0.15) is 11.3 Å². The van der Waals surface area contributed by atoms with Gasteiger partial charge in [0.2, 0.25) is 0 Å². The summed E-state index contributed by atoms with van der Waals surface area (Å²) in [6.07, 6.45) is 2.32. The van der Waals surface area contributed by atoms with E-state index in [0.717, 1.165) is 42.6 Å². The Labute approximate surface area is 171 Å². The lowest BCUT2D eigenvalue weighted by Gasteiger charge is -2.36. The van der Waals surface area contributed by atoms with Gasteiger partial charge in [0.15, 0.2) is 0 Å². The smallest absolute Gasteiger partial charge is 0.258 e. The molecule has 0 bridgehead atoms. The van der Waals surface area contributed by atoms with Crippen molar-refractivity contribution in [3.05, 3.63) is 59.9 Å². The summed E-state index contributed by atoms with van der Waals surface area (Å²) in [7, 11) is 0. The van der Waals surface area contributed by atoms with Gasteiger partial charge in [0.25, 0.3) is 5.91 Å². The summed E-state index contributed by atoms with van der Waals surface area (Å²) in [5, 5.41) is 4.56. The number of carbonyl (C=O) groups excluding carboxylic acids is 1. The van der Waals surface area contributed by atoms with Crippen molar-refractivity contribution in [1.82, 2.24) is 4.90 Å². The molecule has 1 saturated carbocycles. The lowest BCUT2D eigenvalue weighted by molar-refractivity contribution is 0.0746. The van der Waals surface area contributed by atoms with E-state index >= 15 is 0 Å². The highest BCUT2D eigenvalue weighted by molar-refractivity contribution is 6.11. The zero-order chi connectivity index (χ0) is 20.0. The summed E-state index contributed by atoms with van der Waals surface area (Å²) >= 11 is 0. The molecule has 3 aromatic rings. The van der Waals surface area contributed by atoms with E-state index in [1.165, 1.54) is 5.69 Å². The molecule has 1 N–H and O–H groups in total. The predicted molar refractivity (Wildman–Crippen MR) is 117 cm³/mol. The van der Waals surface area contributed by atoms with Crippen LogP contribution in [0.5, 0.6) is 0 Å². The molecule has 150 valence electrons. The second-order valence-corrected chi connectivity index (χ2v) is 8.51. The molecule has 29 heavy (non-hydrogen) atoms. The fourth-order valence-electron chi connectivity index (χ4n) is 4.23. The molecule has 5 rings (SSSR count). The third-order valence-electron chi connectivity index (χ3n) is 6.23. The van der Waals surface area contributed by atoms with Crippen LogP contribution in [0.15, 0.2) is 52.9 Å². The van der Waals surface area contributed by atoms with Gasteiger partial charge in [0, 0.05) is 43.1 Å². The number of piperazine rings is 1. The average molecular weight is 389 g/mol. The maximum atomic E-state index is 13.5. The van der Waals surface area contributed by atoms with E-state index in [1.807, 2.05) is 30.0 Å². The highest BCUT2D eigenvalue weighted by atomic mass is 16.3. The Balaban J connectivity index is 1.41. The van der Waals surface area contributed by atoms with E-state index in [0.29, 0.717) is 24.4 Å². The van der Waals surface area contributed by atoms with E-state index in [9.17, 15) is 4.79 Å². The first-order valence-electron chi connectivity index (χ1n) is 10.4. The van der Waals surface area contributed by atoms with E-state index < -0.39 is 0 Å². The van der Waals surface area contributed by atoms with E-state index in [2.05, 4.69) is 47.5 Å². The number of hydrogen-bond donors (Lipinski definition) is 1. The Morgan fingerprint density at radius 3 is 2.41 bits per heavy atom. The molecule has 1 aromatic heterocycles. The molecule has 1 aliphatic heterocycles. The molecular weight excluding hydrogens is 362 g/mol. The zero-order valence-electron chi connectivity index (χ0n) is 17.1. The van der Waals surface area contributed by atoms with Crippen LogP contribution in [-0.2, 0) is 0 Å². The van der Waals surface area contributed by atoms with Crippen molar-refractivity contribution in [2.24, 2.45) is 0 Å². The molecule has 2 fully saturated rings. The summed E-state index contributed by atoms with van der Waals surface area (Å²) in [5.41, 5.74) is 3.85. The van der Waals surface area contributed by atoms with Crippen molar-refractivity contribution >= 4 is 28.3 Å². The van der Waals surface area contributed by atoms with Crippen LogP contribution in [0, 0.1) is 6.92 Å². The van der Waals surface area contributed by atoms with E-state index in [1.54, 1.807) is 0 Å². The molecule has 0 spiro atoms. The predicted octanol–water partition coefficient (Wildman–Crippen LogP) is 4.67. The minimum atomic E-state index is 0.0733. The zero-order valence-corrected chi connectivity index (χ0v) is 17.1. The highest BCUT2D eigenvalue weighted by Crippen LogP contribution is 2.41. The molecule has 2 aromatic carbocycles. The average Bonchev–Trinajstić information content (AvgIpc) is 3.36. The summed E-state index contributed by atoms with van der Waals surface area (Å²) in [4.78, 5) is 17.8. The van der Waals surface area contributed by atoms with Gasteiger partial charge < -0.3 is 19.5 Å². The van der Waals surface area contributed by atoms with Crippen LogP contribution in [0.3, 0.4) is 0 Å². The summed E-state index contributed by atoms with van der Waals surface area (Å²) < 4.78 is 5.98. The molecule has 1 amide bonds. The molecule has 2 heterocycles. The molecule has 1 saturated heterocycles. The van der Waals surface area contributed by atoms with Crippen LogP contribution < -0.4 is 10.2 Å². The molecular formula is C24H27N3O2. The molecule has 5 heteroatoms. The number of furan rings is 1. The Morgan fingerprint density at radius 2 is 1.72 bits per heavy atom. The number of anilines is 2. The number of para-hydroxylation sites is 1. The molecule has 0 atom stereocenters. The molecule has 2 aliphatic rings. The first kappa shape index (κ1) is 18.1. The largest absolute Gasteiger partial charge is 0.460 e. The fraction of sp³-hybridized carbons (Fsp3) is 0.375. The summed E-state index contributed by atoms with van der Waals surface area (Å²) in [6, 6.07) is 16.4. The number of benzene rings is 2. The van der Waals surface area contributed by atoms with Gasteiger partial charge in [-0.25, -0.2) is 0 Å². The SMILES string of the molecule is Cc1oc2cccc(NC3(C)CC3)c2c1C(=O)N1CCN(c2ccccc2)CC1. The van der Waals surface area contributed by atoms with Crippen LogP contribution in [-0.4, -0.2) is 42.5 Å². The van der Waals surface area contributed by atoms with Gasteiger partial charge in [-0.3, -0.25) is 4.79 Å². The van der Waals surface area contributed by atoms with Crippen molar-refractivity contribution in [2.45, 2.75) is 32.2 Å². The number of amides is 1. The minimum Gasteiger partial charge on any atom is -0.460 e. The van der Waals surface area contributed by atoms with Crippen LogP contribution >= 0.6 is 0 Å². The maximum Gasteiger partial charge on any atom is 0.258 e. The number of nitrogens with zero attached hydrogens (tertiary/aromatic N) is 2. The van der Waals surface area contributed by atoms with E-state index in [-0.39, 0.29) is 11.4 Å². The Kier molecular flexibility index (Phi) is 4.26. The second kappa shape index (κ2) is 6.83. The minimum absolute atomic E-state index is 0.0733.